The van der Waals surface area contributed by atoms with Crippen molar-refractivity contribution in [3.8, 4) is 0 Å². The lowest BCUT2D eigenvalue weighted by molar-refractivity contribution is -0.127. The van der Waals surface area contributed by atoms with E-state index in [1.807, 2.05) is 12.1 Å². The molecule has 0 aromatic heterocycles. The van der Waals surface area contributed by atoms with Crippen LogP contribution in [0.3, 0.4) is 0 Å². The molecule has 1 saturated heterocycles. The molecule has 1 fully saturated rings. The number of likely N-dealkylation sites (N-methyl/N-ethyl adjacent to an activating group) is 1. The number of hydrogen-bond donors (Lipinski definition) is 1. The normalized spacial score (nSPS) is 14.6. The second-order valence-electron chi connectivity index (χ2n) is 6.66. The van der Waals surface area contributed by atoms with Crippen LogP contribution in [0.4, 0.5) is 10.1 Å². The van der Waals surface area contributed by atoms with E-state index >= 15 is 0 Å². The maximum atomic E-state index is 13.1. The number of aliphatic imine (C=N–C) groups is 1. The Balaban J connectivity index is 0.00000364. The molecule has 0 atom stereocenters. The van der Waals surface area contributed by atoms with Crippen molar-refractivity contribution in [2.24, 2.45) is 4.99 Å². The van der Waals surface area contributed by atoms with Gasteiger partial charge in [-0.3, -0.25) is 4.79 Å². The minimum atomic E-state index is -0.215. The van der Waals surface area contributed by atoms with E-state index < -0.39 is 0 Å². The van der Waals surface area contributed by atoms with Crippen molar-refractivity contribution in [3.63, 3.8) is 0 Å². The van der Waals surface area contributed by atoms with E-state index in [0.717, 1.165) is 57.2 Å². The maximum absolute atomic E-state index is 13.1. The number of halogens is 2. The molecule has 0 aliphatic carbocycles. The molecule has 8 heteroatoms. The monoisotopic (exact) mass is 491 g/mol. The van der Waals surface area contributed by atoms with Crippen LogP contribution >= 0.6 is 24.0 Å². The van der Waals surface area contributed by atoms with Crippen molar-refractivity contribution in [2.75, 3.05) is 58.3 Å². The van der Waals surface area contributed by atoms with Gasteiger partial charge >= 0.3 is 0 Å². The maximum Gasteiger partial charge on any atom is 0.243 e. The van der Waals surface area contributed by atoms with Crippen LogP contribution in [0.2, 0.25) is 0 Å². The van der Waals surface area contributed by atoms with Crippen molar-refractivity contribution in [1.82, 2.24) is 15.1 Å². The molecule has 1 N–H and O–H groups in total. The molecular weight excluding hydrogens is 460 g/mol. The molecule has 152 valence electrons. The van der Waals surface area contributed by atoms with Gasteiger partial charge in [0, 0.05) is 52.5 Å². The number of nitrogens with zero attached hydrogens (tertiary/aromatic N) is 4. The van der Waals surface area contributed by atoms with E-state index in [1.54, 1.807) is 19.0 Å². The molecule has 1 aromatic carbocycles. The highest BCUT2D eigenvalue weighted by molar-refractivity contribution is 14.0. The van der Waals surface area contributed by atoms with Gasteiger partial charge in [-0.15, -0.1) is 24.0 Å². The minimum Gasteiger partial charge on any atom is -0.368 e. The summed E-state index contributed by atoms with van der Waals surface area (Å²) < 4.78 is 13.1. The molecule has 1 amide bonds. The molecule has 2 rings (SSSR count). The van der Waals surface area contributed by atoms with E-state index in [9.17, 15) is 9.18 Å². The number of piperazine rings is 1. The highest BCUT2D eigenvalue weighted by Crippen LogP contribution is 2.17. The summed E-state index contributed by atoms with van der Waals surface area (Å²) in [6, 6.07) is 6.62. The third-order valence-electron chi connectivity index (χ3n) is 4.45. The van der Waals surface area contributed by atoms with Crippen LogP contribution in [0, 0.1) is 5.82 Å². The Kier molecular flexibility index (Phi) is 10.4. The van der Waals surface area contributed by atoms with E-state index in [1.165, 1.54) is 12.1 Å². The number of carbonyl (C=O) groups excluding carboxylic acids is 1. The zero-order valence-electron chi connectivity index (χ0n) is 16.4. The molecule has 0 radical (unpaired) electrons. The lowest BCUT2D eigenvalue weighted by atomic mass is 10.2. The topological polar surface area (TPSA) is 51.2 Å². The average Bonchev–Trinajstić information content (AvgIpc) is 2.65. The number of nitrogens with one attached hydrogen (secondary N) is 1. The number of hydrogen-bond acceptors (Lipinski definition) is 3. The molecule has 0 spiro atoms. The second-order valence-corrected chi connectivity index (χ2v) is 6.66. The smallest absolute Gasteiger partial charge is 0.243 e. The van der Waals surface area contributed by atoms with Gasteiger partial charge in [-0.2, -0.15) is 0 Å². The molecule has 0 bridgehead atoms. The van der Waals surface area contributed by atoms with E-state index in [4.69, 9.17) is 0 Å². The fourth-order valence-corrected chi connectivity index (χ4v) is 2.76. The van der Waals surface area contributed by atoms with Crippen molar-refractivity contribution >= 4 is 41.5 Å². The minimum absolute atomic E-state index is 0. The molecule has 1 heterocycles. The number of benzene rings is 1. The summed E-state index contributed by atoms with van der Waals surface area (Å²) in [7, 11) is 3.48. The van der Waals surface area contributed by atoms with Crippen molar-refractivity contribution < 1.29 is 9.18 Å². The van der Waals surface area contributed by atoms with Gasteiger partial charge in [0.15, 0.2) is 5.96 Å². The zero-order valence-corrected chi connectivity index (χ0v) is 18.8. The number of guanidine groups is 1. The Morgan fingerprint density at radius 3 is 2.37 bits per heavy atom. The van der Waals surface area contributed by atoms with Gasteiger partial charge in [0.25, 0.3) is 0 Å². The summed E-state index contributed by atoms with van der Waals surface area (Å²) in [6.07, 6.45) is 2.17. The fourth-order valence-electron chi connectivity index (χ4n) is 2.76. The molecule has 0 saturated carbocycles. The van der Waals surface area contributed by atoms with Crippen LogP contribution in [-0.4, -0.2) is 75.0 Å². The molecule has 6 nitrogen and oxygen atoms in total. The van der Waals surface area contributed by atoms with E-state index in [-0.39, 0.29) is 42.2 Å². The summed E-state index contributed by atoms with van der Waals surface area (Å²) >= 11 is 0. The predicted octanol–water partition coefficient (Wildman–Crippen LogP) is 2.40. The molecule has 27 heavy (non-hydrogen) atoms. The van der Waals surface area contributed by atoms with Gasteiger partial charge in [0.05, 0.1) is 0 Å². The van der Waals surface area contributed by atoms with Crippen LogP contribution in [0.15, 0.2) is 29.3 Å². The largest absolute Gasteiger partial charge is 0.368 e. The first-order chi connectivity index (χ1) is 12.5. The lowest BCUT2D eigenvalue weighted by Gasteiger charge is -2.37. The fraction of sp³-hybridized carbons (Fsp3) is 0.579. The third kappa shape index (κ3) is 7.51. The SMILES string of the molecule is CCCCNC(=NCC(=O)N(C)C)N1CCN(c2ccc(F)cc2)CC1.I. The Hall–Kier alpha value is -1.58. The van der Waals surface area contributed by atoms with Gasteiger partial charge in [0.1, 0.15) is 12.4 Å². The highest BCUT2D eigenvalue weighted by atomic mass is 127. The average molecular weight is 491 g/mol. The van der Waals surface area contributed by atoms with Gasteiger partial charge in [-0.05, 0) is 30.7 Å². The molecule has 1 aliphatic heterocycles. The number of anilines is 1. The number of unbranched alkanes of at least 4 members (excludes halogenated alkanes) is 1. The standard InChI is InChI=1S/C19H30FN5O.HI/c1-4-5-10-21-19(22-15-18(26)23(2)3)25-13-11-24(12-14-25)17-8-6-16(20)7-9-17;/h6-9H,4-5,10-15H2,1-3H3,(H,21,22);1H. The first kappa shape index (κ1) is 23.5. The lowest BCUT2D eigenvalue weighted by Crippen LogP contribution is -2.53. The Morgan fingerprint density at radius 2 is 1.81 bits per heavy atom. The van der Waals surface area contributed by atoms with Crippen LogP contribution in [0.1, 0.15) is 19.8 Å². The van der Waals surface area contributed by atoms with Gasteiger partial charge in [0.2, 0.25) is 5.91 Å². The van der Waals surface area contributed by atoms with E-state index in [0.29, 0.717) is 0 Å². The predicted molar refractivity (Wildman–Crippen MR) is 120 cm³/mol. The highest BCUT2D eigenvalue weighted by Gasteiger charge is 2.20. The first-order valence-corrected chi connectivity index (χ1v) is 9.25. The van der Waals surface area contributed by atoms with Crippen LogP contribution in [-0.2, 0) is 4.79 Å². The van der Waals surface area contributed by atoms with Crippen molar-refractivity contribution in [3.05, 3.63) is 30.1 Å². The summed E-state index contributed by atoms with van der Waals surface area (Å²) in [6.45, 7) is 6.44. The van der Waals surface area contributed by atoms with Crippen LogP contribution in [0.5, 0.6) is 0 Å². The van der Waals surface area contributed by atoms with E-state index in [2.05, 4.69) is 27.0 Å². The number of amides is 1. The van der Waals surface area contributed by atoms with Gasteiger partial charge in [-0.25, -0.2) is 9.38 Å². The van der Waals surface area contributed by atoms with Crippen molar-refractivity contribution in [2.45, 2.75) is 19.8 Å². The summed E-state index contributed by atoms with van der Waals surface area (Å²) in [5, 5.41) is 3.38. The number of carbonyl (C=O) groups is 1. The number of rotatable bonds is 6. The van der Waals surface area contributed by atoms with Gasteiger partial charge < -0.3 is 20.0 Å². The molecule has 0 unspecified atom stereocenters. The van der Waals surface area contributed by atoms with Gasteiger partial charge in [-0.1, -0.05) is 13.3 Å². The Labute approximate surface area is 178 Å². The zero-order chi connectivity index (χ0) is 18.9. The third-order valence-corrected chi connectivity index (χ3v) is 4.45. The second kappa shape index (κ2) is 12.0. The molecule has 1 aliphatic rings. The summed E-state index contributed by atoms with van der Waals surface area (Å²) in [5.41, 5.74) is 1.03. The van der Waals surface area contributed by atoms with Crippen molar-refractivity contribution in [1.29, 1.82) is 0 Å². The van der Waals surface area contributed by atoms with Crippen LogP contribution in [0.25, 0.3) is 0 Å². The van der Waals surface area contributed by atoms with Crippen LogP contribution < -0.4 is 10.2 Å². The Bertz CT molecular complexity index is 601. The molecule has 1 aromatic rings. The Morgan fingerprint density at radius 1 is 1.19 bits per heavy atom. The summed E-state index contributed by atoms with van der Waals surface area (Å²) in [4.78, 5) is 22.4. The first-order valence-electron chi connectivity index (χ1n) is 9.25. The summed E-state index contributed by atoms with van der Waals surface area (Å²) in [5.74, 6) is 0.574. The molecular formula is C19H31FIN5O. The quantitative estimate of drug-likeness (QED) is 0.288.